The van der Waals surface area contributed by atoms with Gasteiger partial charge in [-0.15, -0.1) is 0 Å². The summed E-state index contributed by atoms with van der Waals surface area (Å²) in [6.45, 7) is 1.65. The lowest BCUT2D eigenvalue weighted by Crippen LogP contribution is -3.00. The number of fused-ring (bicyclic) bond motifs is 1. The number of methoxy groups -OCH3 is 3. The van der Waals surface area contributed by atoms with Gasteiger partial charge in [0.05, 0.1) is 21.3 Å². The lowest BCUT2D eigenvalue weighted by molar-refractivity contribution is -0.695. The van der Waals surface area contributed by atoms with Gasteiger partial charge in [0.1, 0.15) is 5.75 Å². The number of hydrogen-bond donors (Lipinski definition) is 1. The molecule has 1 aromatic heterocycles. The molecule has 0 radical (unpaired) electrons. The second-order valence-corrected chi connectivity index (χ2v) is 6.14. The third-order valence-corrected chi connectivity index (χ3v) is 4.60. The van der Waals surface area contributed by atoms with Crippen LogP contribution in [-0.4, -0.2) is 32.4 Å². The molecule has 3 aromatic rings. The van der Waals surface area contributed by atoms with Crippen LogP contribution in [0.2, 0.25) is 0 Å². The van der Waals surface area contributed by atoms with Crippen molar-refractivity contribution in [2.45, 2.75) is 13.0 Å². The van der Waals surface area contributed by atoms with Crippen LogP contribution in [0.15, 0.2) is 48.7 Å². The molecule has 0 saturated heterocycles. The van der Waals surface area contributed by atoms with Crippen LogP contribution in [0, 0.1) is 0 Å². The molecular weight excluding hydrogens is 382 g/mol. The normalized spacial score (nSPS) is 11.4. The van der Waals surface area contributed by atoms with Gasteiger partial charge >= 0.3 is 5.97 Å². The maximum atomic E-state index is 11.7. The highest BCUT2D eigenvalue weighted by Gasteiger charge is 2.27. The van der Waals surface area contributed by atoms with Crippen LogP contribution in [0.1, 0.15) is 13.0 Å². The standard InChI is InChI=1S/C21H21NO5.ClH/c1-13(21(23)24)22-12-16-11-20(27-4)19(26-3)10-15(16)9-18(22)14-5-7-17(25-2)8-6-14;/h5-13H,1-4H3;1H. The largest absolute Gasteiger partial charge is 1.00 e. The maximum absolute atomic E-state index is 11.7. The topological polar surface area (TPSA) is 68.9 Å². The first-order valence-corrected chi connectivity index (χ1v) is 8.46. The molecule has 2 aromatic carbocycles. The van der Waals surface area contributed by atoms with Crippen LogP contribution in [-0.2, 0) is 4.79 Å². The zero-order valence-electron chi connectivity index (χ0n) is 16.1. The Kier molecular flexibility index (Phi) is 6.70. The number of rotatable bonds is 6. The van der Waals surface area contributed by atoms with Crippen LogP contribution < -0.4 is 31.2 Å². The molecule has 3 rings (SSSR count). The Morgan fingerprint density at radius 2 is 1.50 bits per heavy atom. The molecular formula is C21H22ClNO5. The van der Waals surface area contributed by atoms with Gasteiger partial charge in [-0.2, -0.15) is 4.57 Å². The Bertz CT molecular complexity index is 988. The summed E-state index contributed by atoms with van der Waals surface area (Å²) in [6.07, 6.45) is 1.83. The second kappa shape index (κ2) is 8.80. The van der Waals surface area contributed by atoms with Crippen molar-refractivity contribution in [1.82, 2.24) is 0 Å². The zero-order valence-corrected chi connectivity index (χ0v) is 16.9. The average molecular weight is 404 g/mol. The van der Waals surface area contributed by atoms with E-state index in [0.717, 1.165) is 27.8 Å². The van der Waals surface area contributed by atoms with E-state index in [4.69, 9.17) is 14.2 Å². The summed E-state index contributed by atoms with van der Waals surface area (Å²) in [5.41, 5.74) is 1.67. The minimum Gasteiger partial charge on any atom is -1.00 e. The second-order valence-electron chi connectivity index (χ2n) is 6.14. The first-order chi connectivity index (χ1) is 13.0. The molecule has 28 heavy (non-hydrogen) atoms. The summed E-state index contributed by atoms with van der Waals surface area (Å²) >= 11 is 0. The number of carboxylic acid groups (broad SMARTS) is 1. The molecule has 1 unspecified atom stereocenters. The Labute approximate surface area is 169 Å². The lowest BCUT2D eigenvalue weighted by Gasteiger charge is -2.12. The number of carboxylic acids is 1. The van der Waals surface area contributed by atoms with Crippen molar-refractivity contribution < 1.29 is 41.1 Å². The molecule has 0 saturated carbocycles. The van der Waals surface area contributed by atoms with E-state index in [-0.39, 0.29) is 12.4 Å². The van der Waals surface area contributed by atoms with Crippen molar-refractivity contribution in [3.05, 3.63) is 48.7 Å². The molecule has 0 aliphatic rings. The fourth-order valence-corrected chi connectivity index (χ4v) is 3.02. The highest BCUT2D eigenvalue weighted by molar-refractivity contribution is 5.87. The number of pyridine rings is 1. The summed E-state index contributed by atoms with van der Waals surface area (Å²) in [7, 11) is 4.77. The molecule has 1 atom stereocenters. The molecule has 6 nitrogen and oxygen atoms in total. The molecule has 7 heteroatoms. The van der Waals surface area contributed by atoms with Gasteiger partial charge in [-0.1, -0.05) is 0 Å². The van der Waals surface area contributed by atoms with Crippen LogP contribution in [0.25, 0.3) is 22.0 Å². The minimum atomic E-state index is -0.908. The van der Waals surface area contributed by atoms with Crippen molar-refractivity contribution >= 4 is 16.7 Å². The van der Waals surface area contributed by atoms with E-state index in [2.05, 4.69) is 0 Å². The van der Waals surface area contributed by atoms with Gasteiger partial charge in [-0.05, 0) is 41.8 Å². The van der Waals surface area contributed by atoms with E-state index in [9.17, 15) is 9.90 Å². The summed E-state index contributed by atoms with van der Waals surface area (Å²) in [6, 6.07) is 12.5. The van der Waals surface area contributed by atoms with Gasteiger partial charge in [-0.25, -0.2) is 4.79 Å². The Balaban J connectivity index is 0.00000280. The van der Waals surface area contributed by atoms with Gasteiger partial charge < -0.3 is 31.7 Å². The van der Waals surface area contributed by atoms with E-state index in [0.29, 0.717) is 11.5 Å². The number of nitrogens with zero attached hydrogens (tertiary/aromatic N) is 1. The molecule has 1 N–H and O–H groups in total. The molecule has 148 valence electrons. The van der Waals surface area contributed by atoms with Crippen LogP contribution >= 0.6 is 0 Å². The van der Waals surface area contributed by atoms with Gasteiger partial charge in [0.15, 0.2) is 17.7 Å². The van der Waals surface area contributed by atoms with E-state index in [1.54, 1.807) is 32.8 Å². The quantitative estimate of drug-likeness (QED) is 0.606. The van der Waals surface area contributed by atoms with Crippen molar-refractivity contribution in [2.75, 3.05) is 21.3 Å². The fraction of sp³-hybridized carbons (Fsp3) is 0.238. The highest BCUT2D eigenvalue weighted by Crippen LogP contribution is 2.33. The van der Waals surface area contributed by atoms with E-state index >= 15 is 0 Å². The zero-order chi connectivity index (χ0) is 19.6. The number of aliphatic carboxylic acids is 1. The number of aromatic nitrogens is 1. The number of benzene rings is 2. The van der Waals surface area contributed by atoms with Crippen LogP contribution in [0.4, 0.5) is 0 Å². The van der Waals surface area contributed by atoms with E-state index in [1.807, 2.05) is 48.7 Å². The van der Waals surface area contributed by atoms with Gasteiger partial charge in [0.25, 0.3) is 6.04 Å². The van der Waals surface area contributed by atoms with Crippen LogP contribution in [0.5, 0.6) is 17.2 Å². The van der Waals surface area contributed by atoms with Crippen molar-refractivity contribution in [1.29, 1.82) is 0 Å². The van der Waals surface area contributed by atoms with E-state index in [1.165, 1.54) is 0 Å². The van der Waals surface area contributed by atoms with Crippen LogP contribution in [0.3, 0.4) is 0 Å². The maximum Gasteiger partial charge on any atom is 0.373 e. The molecule has 0 spiro atoms. The SMILES string of the molecule is COc1ccc(-c2cc3cc(OC)c(OC)cc3c[n+]2C(C)C(=O)O)cc1.[Cl-]. The Hall–Kier alpha value is -2.99. The molecule has 0 aliphatic carbocycles. The summed E-state index contributed by atoms with van der Waals surface area (Å²) in [4.78, 5) is 11.7. The number of hydrogen-bond acceptors (Lipinski definition) is 4. The monoisotopic (exact) mass is 403 g/mol. The summed E-state index contributed by atoms with van der Waals surface area (Å²) in [5, 5.41) is 11.3. The fourth-order valence-electron chi connectivity index (χ4n) is 3.02. The number of halogens is 1. The molecule has 0 amide bonds. The predicted octanol–water partition coefficient (Wildman–Crippen LogP) is 0.470. The molecule has 0 aliphatic heterocycles. The molecule has 1 heterocycles. The molecule has 0 bridgehead atoms. The first kappa shape index (κ1) is 21.3. The highest BCUT2D eigenvalue weighted by atomic mass is 35.5. The van der Waals surface area contributed by atoms with Crippen molar-refractivity contribution in [3.63, 3.8) is 0 Å². The lowest BCUT2D eigenvalue weighted by atomic mass is 10.0. The first-order valence-electron chi connectivity index (χ1n) is 8.46. The third-order valence-electron chi connectivity index (χ3n) is 4.60. The summed E-state index contributed by atoms with van der Waals surface area (Å²) in [5.74, 6) is 1.05. The van der Waals surface area contributed by atoms with Crippen molar-refractivity contribution in [2.24, 2.45) is 0 Å². The minimum absolute atomic E-state index is 0. The third kappa shape index (κ3) is 3.97. The van der Waals surface area contributed by atoms with Gasteiger partial charge in [-0.3, -0.25) is 0 Å². The smallest absolute Gasteiger partial charge is 0.373 e. The van der Waals surface area contributed by atoms with Gasteiger partial charge in [0, 0.05) is 23.9 Å². The Morgan fingerprint density at radius 3 is 2.00 bits per heavy atom. The average Bonchev–Trinajstić information content (AvgIpc) is 2.71. The molecule has 0 fully saturated rings. The van der Waals surface area contributed by atoms with E-state index < -0.39 is 12.0 Å². The number of carbonyl (C=O) groups is 1. The summed E-state index contributed by atoms with van der Waals surface area (Å²) < 4.78 is 17.7. The van der Waals surface area contributed by atoms with Gasteiger partial charge in [0.2, 0.25) is 5.69 Å². The predicted molar refractivity (Wildman–Crippen MR) is 102 cm³/mol. The number of ether oxygens (including phenoxy) is 3. The van der Waals surface area contributed by atoms with Crippen molar-refractivity contribution in [3.8, 4) is 28.5 Å². The Morgan fingerprint density at radius 1 is 0.929 bits per heavy atom.